The first-order valence-electron chi connectivity index (χ1n) is 9.77. The molecular weight excluding hydrogens is 466 g/mol. The Morgan fingerprint density at radius 1 is 1.15 bits per heavy atom. The molecule has 0 radical (unpaired) electrons. The highest BCUT2D eigenvalue weighted by atomic mass is 35.5. The Morgan fingerprint density at radius 3 is 2.73 bits per heavy atom. The SMILES string of the molecule is Cn1nnnc1Sc1ccc(Cl)cc1NC(=O)c1ccc(=O)n(CCOc2ccccc2)n1. The van der Waals surface area contributed by atoms with Gasteiger partial charge in [-0.25, -0.2) is 9.36 Å². The maximum Gasteiger partial charge on any atom is 0.276 e. The first kappa shape index (κ1) is 22.5. The van der Waals surface area contributed by atoms with E-state index in [1.165, 1.54) is 33.3 Å². The Hall–Kier alpha value is -3.70. The molecule has 0 saturated carbocycles. The van der Waals surface area contributed by atoms with E-state index in [9.17, 15) is 9.59 Å². The largest absolute Gasteiger partial charge is 0.492 e. The fraction of sp³-hybridized carbons (Fsp3) is 0.143. The zero-order valence-electron chi connectivity index (χ0n) is 17.4. The molecule has 0 aliphatic heterocycles. The van der Waals surface area contributed by atoms with Gasteiger partial charge in [0.25, 0.3) is 11.5 Å². The summed E-state index contributed by atoms with van der Waals surface area (Å²) in [5, 5.41) is 19.3. The average molecular weight is 484 g/mol. The molecule has 2 heterocycles. The minimum Gasteiger partial charge on any atom is -0.492 e. The second-order valence-electron chi connectivity index (χ2n) is 6.72. The van der Waals surface area contributed by atoms with Crippen molar-refractivity contribution in [1.29, 1.82) is 0 Å². The summed E-state index contributed by atoms with van der Waals surface area (Å²) in [5.74, 6) is 0.191. The Kier molecular flexibility index (Phi) is 7.01. The van der Waals surface area contributed by atoms with Crippen molar-refractivity contribution in [3.05, 3.63) is 81.7 Å². The summed E-state index contributed by atoms with van der Waals surface area (Å²) < 4.78 is 8.32. The topological polar surface area (TPSA) is 117 Å². The Labute approximate surface area is 197 Å². The van der Waals surface area contributed by atoms with Gasteiger partial charge in [0.15, 0.2) is 0 Å². The molecule has 4 rings (SSSR count). The van der Waals surface area contributed by atoms with E-state index in [0.29, 0.717) is 26.5 Å². The predicted molar refractivity (Wildman–Crippen MR) is 123 cm³/mol. The summed E-state index contributed by atoms with van der Waals surface area (Å²) in [5.41, 5.74) is 0.204. The van der Waals surface area contributed by atoms with Gasteiger partial charge in [0, 0.05) is 23.0 Å². The Bertz CT molecular complexity index is 1330. The molecule has 0 atom stereocenters. The van der Waals surface area contributed by atoms with Crippen LogP contribution in [0.4, 0.5) is 5.69 Å². The standard InChI is InChI=1S/C21H18ClN7O3S/c1-28-21(24-26-27-28)33-18-9-7-14(22)13-17(18)23-20(31)16-8-10-19(30)29(25-16)11-12-32-15-5-3-2-4-6-15/h2-10,13H,11-12H2,1H3,(H,23,31). The van der Waals surface area contributed by atoms with Crippen molar-refractivity contribution in [1.82, 2.24) is 30.0 Å². The number of halogens is 1. The third kappa shape index (κ3) is 5.76. The number of aryl methyl sites for hydroxylation is 1. The minimum atomic E-state index is -0.493. The fourth-order valence-corrected chi connectivity index (χ4v) is 3.75. The number of tetrazole rings is 1. The summed E-state index contributed by atoms with van der Waals surface area (Å²) >= 11 is 7.40. The molecule has 0 spiro atoms. The molecule has 0 unspecified atom stereocenters. The molecule has 1 amide bonds. The molecule has 1 N–H and O–H groups in total. The third-order valence-corrected chi connectivity index (χ3v) is 5.73. The minimum absolute atomic E-state index is 0.0746. The highest BCUT2D eigenvalue weighted by Gasteiger charge is 2.15. The number of amides is 1. The van der Waals surface area contributed by atoms with E-state index in [0.717, 1.165) is 0 Å². The number of ether oxygens (including phenoxy) is 1. The van der Waals surface area contributed by atoms with Crippen molar-refractivity contribution in [2.75, 3.05) is 11.9 Å². The number of para-hydroxylation sites is 1. The lowest BCUT2D eigenvalue weighted by Crippen LogP contribution is -2.28. The summed E-state index contributed by atoms with van der Waals surface area (Å²) in [4.78, 5) is 25.8. The van der Waals surface area contributed by atoms with Crippen LogP contribution in [-0.4, -0.2) is 42.5 Å². The van der Waals surface area contributed by atoms with Crippen LogP contribution < -0.4 is 15.6 Å². The summed E-state index contributed by atoms with van der Waals surface area (Å²) in [6, 6.07) is 17.0. The van der Waals surface area contributed by atoms with E-state index >= 15 is 0 Å². The highest BCUT2D eigenvalue weighted by Crippen LogP contribution is 2.33. The summed E-state index contributed by atoms with van der Waals surface area (Å²) in [6.07, 6.45) is 0. The molecule has 0 aliphatic rings. The molecule has 10 nitrogen and oxygen atoms in total. The van der Waals surface area contributed by atoms with Gasteiger partial charge in [-0.3, -0.25) is 9.59 Å². The van der Waals surface area contributed by atoms with Crippen LogP contribution in [0.1, 0.15) is 10.5 Å². The number of hydrogen-bond acceptors (Lipinski definition) is 8. The zero-order chi connectivity index (χ0) is 23.2. The molecule has 0 bridgehead atoms. The van der Waals surface area contributed by atoms with Gasteiger partial charge in [-0.2, -0.15) is 5.10 Å². The van der Waals surface area contributed by atoms with Crippen molar-refractivity contribution in [3.8, 4) is 5.75 Å². The van der Waals surface area contributed by atoms with Crippen molar-refractivity contribution in [2.24, 2.45) is 7.05 Å². The van der Waals surface area contributed by atoms with Gasteiger partial charge in [0.05, 0.1) is 12.2 Å². The van der Waals surface area contributed by atoms with E-state index in [1.54, 1.807) is 25.2 Å². The molecule has 4 aromatic rings. The van der Waals surface area contributed by atoms with E-state index in [1.807, 2.05) is 30.3 Å². The van der Waals surface area contributed by atoms with Crippen LogP contribution in [-0.2, 0) is 13.6 Å². The van der Waals surface area contributed by atoms with E-state index in [2.05, 4.69) is 25.9 Å². The van der Waals surface area contributed by atoms with Gasteiger partial charge in [-0.15, -0.1) is 5.10 Å². The third-order valence-electron chi connectivity index (χ3n) is 4.39. The molecule has 33 heavy (non-hydrogen) atoms. The van der Waals surface area contributed by atoms with Gasteiger partial charge in [0.2, 0.25) is 5.16 Å². The van der Waals surface area contributed by atoms with E-state index in [-0.39, 0.29) is 24.4 Å². The van der Waals surface area contributed by atoms with Crippen LogP contribution in [0.5, 0.6) is 5.75 Å². The monoisotopic (exact) mass is 483 g/mol. The van der Waals surface area contributed by atoms with Crippen LogP contribution in [0.25, 0.3) is 0 Å². The molecule has 0 aliphatic carbocycles. The van der Waals surface area contributed by atoms with Gasteiger partial charge in [-0.1, -0.05) is 29.8 Å². The maximum atomic E-state index is 12.9. The number of benzene rings is 2. The van der Waals surface area contributed by atoms with Crippen LogP contribution in [0.3, 0.4) is 0 Å². The number of carbonyl (C=O) groups is 1. The lowest BCUT2D eigenvalue weighted by Gasteiger charge is -2.12. The second kappa shape index (κ2) is 10.3. The number of nitrogens with one attached hydrogen (secondary N) is 1. The van der Waals surface area contributed by atoms with Crippen LogP contribution in [0.2, 0.25) is 5.02 Å². The lowest BCUT2D eigenvalue weighted by molar-refractivity contribution is 0.101. The Balaban J connectivity index is 1.48. The first-order chi connectivity index (χ1) is 16.0. The zero-order valence-corrected chi connectivity index (χ0v) is 19.0. The number of hydrogen-bond donors (Lipinski definition) is 1. The number of carbonyl (C=O) groups excluding carboxylic acids is 1. The molecule has 168 valence electrons. The predicted octanol–water partition coefficient (Wildman–Crippen LogP) is 2.90. The van der Waals surface area contributed by atoms with E-state index < -0.39 is 5.91 Å². The highest BCUT2D eigenvalue weighted by molar-refractivity contribution is 7.99. The molecule has 12 heteroatoms. The van der Waals surface area contributed by atoms with Crippen molar-refractivity contribution in [2.45, 2.75) is 16.6 Å². The molecule has 2 aromatic heterocycles. The Morgan fingerprint density at radius 2 is 1.97 bits per heavy atom. The second-order valence-corrected chi connectivity index (χ2v) is 8.17. The van der Waals surface area contributed by atoms with Crippen LogP contribution in [0.15, 0.2) is 75.5 Å². The molecule has 0 saturated heterocycles. The summed E-state index contributed by atoms with van der Waals surface area (Å²) in [6.45, 7) is 0.412. The number of rotatable bonds is 8. The quantitative estimate of drug-likeness (QED) is 0.406. The molecule has 2 aromatic carbocycles. The van der Waals surface area contributed by atoms with Gasteiger partial charge >= 0.3 is 0 Å². The molecule has 0 fully saturated rings. The smallest absolute Gasteiger partial charge is 0.276 e. The average Bonchev–Trinajstić information content (AvgIpc) is 3.22. The van der Waals surface area contributed by atoms with E-state index in [4.69, 9.17) is 16.3 Å². The normalized spacial score (nSPS) is 10.7. The van der Waals surface area contributed by atoms with Gasteiger partial charge < -0.3 is 10.1 Å². The first-order valence-corrected chi connectivity index (χ1v) is 11.0. The summed E-state index contributed by atoms with van der Waals surface area (Å²) in [7, 11) is 1.71. The number of anilines is 1. The van der Waals surface area contributed by atoms with Gasteiger partial charge in [-0.05, 0) is 58.6 Å². The lowest BCUT2D eigenvalue weighted by atomic mass is 10.3. The number of nitrogens with zero attached hydrogens (tertiary/aromatic N) is 6. The van der Waals surface area contributed by atoms with Crippen molar-refractivity contribution >= 4 is 35.0 Å². The maximum absolute atomic E-state index is 12.9. The number of aromatic nitrogens is 6. The van der Waals surface area contributed by atoms with Crippen LogP contribution >= 0.6 is 23.4 Å². The van der Waals surface area contributed by atoms with Crippen molar-refractivity contribution < 1.29 is 9.53 Å². The molecular formula is C21H18ClN7O3S. The van der Waals surface area contributed by atoms with Gasteiger partial charge in [0.1, 0.15) is 18.1 Å². The van der Waals surface area contributed by atoms with Crippen molar-refractivity contribution in [3.63, 3.8) is 0 Å². The fourth-order valence-electron chi connectivity index (χ4n) is 2.78. The van der Waals surface area contributed by atoms with Crippen LogP contribution in [0, 0.1) is 0 Å².